The number of rotatable bonds is 2. The van der Waals surface area contributed by atoms with Gasteiger partial charge in [0.05, 0.1) is 5.69 Å². The van der Waals surface area contributed by atoms with Crippen molar-refractivity contribution in [3.05, 3.63) is 30.3 Å². The van der Waals surface area contributed by atoms with E-state index >= 15 is 0 Å². The van der Waals surface area contributed by atoms with Crippen LogP contribution in [0.15, 0.2) is 35.3 Å². The van der Waals surface area contributed by atoms with Crippen molar-refractivity contribution in [2.75, 3.05) is 7.05 Å². The van der Waals surface area contributed by atoms with E-state index in [1.165, 1.54) is 0 Å². The molecule has 0 radical (unpaired) electrons. The molecule has 0 atom stereocenters. The lowest BCUT2D eigenvalue weighted by Crippen LogP contribution is -2.38. The van der Waals surface area contributed by atoms with Crippen molar-refractivity contribution < 1.29 is 0 Å². The van der Waals surface area contributed by atoms with Crippen LogP contribution >= 0.6 is 0 Å². The van der Waals surface area contributed by atoms with E-state index < -0.39 is 0 Å². The summed E-state index contributed by atoms with van der Waals surface area (Å²) in [4.78, 5) is 6.24. The van der Waals surface area contributed by atoms with Crippen LogP contribution in [0.25, 0.3) is 0 Å². The Balaban J connectivity index is 2.79. The molecule has 0 aliphatic carbocycles. The van der Waals surface area contributed by atoms with E-state index in [2.05, 4.69) is 18.8 Å². The second-order valence-electron chi connectivity index (χ2n) is 3.51. The largest absolute Gasteiger partial charge is 0.369 e. The summed E-state index contributed by atoms with van der Waals surface area (Å²) in [5, 5.41) is 0. The molecule has 0 unspecified atom stereocenters. The molecule has 0 spiro atoms. The third-order valence-corrected chi connectivity index (χ3v) is 2.14. The quantitative estimate of drug-likeness (QED) is 0.573. The molecule has 0 heterocycles. The summed E-state index contributed by atoms with van der Waals surface area (Å²) in [6.07, 6.45) is 0. The van der Waals surface area contributed by atoms with E-state index in [-0.39, 0.29) is 0 Å². The summed E-state index contributed by atoms with van der Waals surface area (Å²) < 4.78 is 0. The monoisotopic (exact) mass is 191 g/mol. The summed E-state index contributed by atoms with van der Waals surface area (Å²) >= 11 is 0. The first-order chi connectivity index (χ1) is 6.61. The van der Waals surface area contributed by atoms with Gasteiger partial charge in [-0.25, -0.2) is 4.99 Å². The van der Waals surface area contributed by atoms with E-state index in [4.69, 9.17) is 5.73 Å². The molecule has 1 rings (SSSR count). The summed E-state index contributed by atoms with van der Waals surface area (Å²) in [7, 11) is 1.94. The Hall–Kier alpha value is -1.51. The molecular formula is C11H17N3. The van der Waals surface area contributed by atoms with Gasteiger partial charge in [0.25, 0.3) is 0 Å². The van der Waals surface area contributed by atoms with Gasteiger partial charge in [-0.15, -0.1) is 0 Å². The molecule has 1 aromatic carbocycles. The number of benzene rings is 1. The van der Waals surface area contributed by atoms with E-state index in [0.717, 1.165) is 5.69 Å². The molecule has 0 aliphatic heterocycles. The minimum atomic E-state index is 0.363. The highest BCUT2D eigenvalue weighted by atomic mass is 15.2. The summed E-state index contributed by atoms with van der Waals surface area (Å²) in [6.45, 7) is 4.15. The van der Waals surface area contributed by atoms with Crippen molar-refractivity contribution in [3.63, 3.8) is 0 Å². The van der Waals surface area contributed by atoms with Gasteiger partial charge >= 0.3 is 0 Å². The third-order valence-electron chi connectivity index (χ3n) is 2.14. The van der Waals surface area contributed by atoms with Gasteiger partial charge in [-0.05, 0) is 26.0 Å². The standard InChI is InChI=1S/C11H17N3/c1-9(2)14(3)11(12)13-10-7-5-4-6-8-10/h4-9H,1-3H3,(H2,12,13). The van der Waals surface area contributed by atoms with Gasteiger partial charge in [0.1, 0.15) is 0 Å². The van der Waals surface area contributed by atoms with Crippen LogP contribution in [0.5, 0.6) is 0 Å². The topological polar surface area (TPSA) is 41.6 Å². The average Bonchev–Trinajstić information content (AvgIpc) is 2.18. The summed E-state index contributed by atoms with van der Waals surface area (Å²) in [6, 6.07) is 10.1. The summed E-state index contributed by atoms with van der Waals surface area (Å²) in [5.74, 6) is 0.547. The summed E-state index contributed by atoms with van der Waals surface area (Å²) in [5.41, 5.74) is 6.71. The smallest absolute Gasteiger partial charge is 0.196 e. The van der Waals surface area contributed by atoms with E-state index in [9.17, 15) is 0 Å². The molecule has 0 aliphatic rings. The molecule has 0 bridgehead atoms. The highest BCUT2D eigenvalue weighted by Crippen LogP contribution is 2.10. The van der Waals surface area contributed by atoms with Crippen LogP contribution in [0.4, 0.5) is 5.69 Å². The minimum Gasteiger partial charge on any atom is -0.369 e. The van der Waals surface area contributed by atoms with Crippen molar-refractivity contribution >= 4 is 11.6 Å². The molecule has 3 heteroatoms. The van der Waals surface area contributed by atoms with E-state index in [1.807, 2.05) is 42.3 Å². The average molecular weight is 191 g/mol. The predicted molar refractivity (Wildman–Crippen MR) is 60.6 cm³/mol. The Labute approximate surface area is 85.3 Å². The Bertz CT molecular complexity index is 304. The third kappa shape index (κ3) is 2.76. The minimum absolute atomic E-state index is 0.363. The molecule has 0 fully saturated rings. The molecule has 2 N–H and O–H groups in total. The highest BCUT2D eigenvalue weighted by molar-refractivity contribution is 5.80. The van der Waals surface area contributed by atoms with Crippen LogP contribution in [0.3, 0.4) is 0 Å². The van der Waals surface area contributed by atoms with Crippen molar-refractivity contribution in [1.29, 1.82) is 0 Å². The first-order valence-electron chi connectivity index (χ1n) is 4.73. The van der Waals surface area contributed by atoms with Crippen LogP contribution in [0, 0.1) is 0 Å². The second kappa shape index (κ2) is 4.65. The fraction of sp³-hybridized carbons (Fsp3) is 0.364. The van der Waals surface area contributed by atoms with Gasteiger partial charge in [-0.1, -0.05) is 18.2 Å². The molecule has 0 aromatic heterocycles. The Morgan fingerprint density at radius 3 is 2.36 bits per heavy atom. The van der Waals surface area contributed by atoms with Crippen LogP contribution in [-0.4, -0.2) is 23.9 Å². The Morgan fingerprint density at radius 1 is 1.29 bits per heavy atom. The molecule has 0 saturated carbocycles. The number of nitrogens with two attached hydrogens (primary N) is 1. The molecular weight excluding hydrogens is 174 g/mol. The van der Waals surface area contributed by atoms with Crippen molar-refractivity contribution in [2.24, 2.45) is 10.7 Å². The highest BCUT2D eigenvalue weighted by Gasteiger charge is 2.04. The number of guanidine groups is 1. The second-order valence-corrected chi connectivity index (χ2v) is 3.51. The van der Waals surface area contributed by atoms with Gasteiger partial charge < -0.3 is 10.6 Å². The van der Waals surface area contributed by atoms with Gasteiger partial charge in [0, 0.05) is 13.1 Å². The molecule has 1 aromatic rings. The fourth-order valence-corrected chi connectivity index (χ4v) is 0.978. The molecule has 3 nitrogen and oxygen atoms in total. The zero-order valence-corrected chi connectivity index (χ0v) is 8.94. The Morgan fingerprint density at radius 2 is 1.86 bits per heavy atom. The first kappa shape index (κ1) is 10.6. The van der Waals surface area contributed by atoms with Crippen molar-refractivity contribution in [1.82, 2.24) is 4.90 Å². The number of para-hydroxylation sites is 1. The number of hydrogen-bond donors (Lipinski definition) is 1. The van der Waals surface area contributed by atoms with Crippen molar-refractivity contribution in [2.45, 2.75) is 19.9 Å². The maximum absolute atomic E-state index is 5.83. The SMILES string of the molecule is CC(C)N(C)C(N)=Nc1ccccc1. The van der Waals surface area contributed by atoms with Gasteiger partial charge in [-0.3, -0.25) is 0 Å². The van der Waals surface area contributed by atoms with Gasteiger partial charge in [-0.2, -0.15) is 0 Å². The fourth-order valence-electron chi connectivity index (χ4n) is 0.978. The van der Waals surface area contributed by atoms with Crippen LogP contribution in [-0.2, 0) is 0 Å². The normalized spacial score (nSPS) is 11.9. The first-order valence-corrected chi connectivity index (χ1v) is 4.73. The molecule has 0 saturated heterocycles. The van der Waals surface area contributed by atoms with Crippen LogP contribution in [0.1, 0.15) is 13.8 Å². The lowest BCUT2D eigenvalue weighted by molar-refractivity contribution is 0.413. The zero-order chi connectivity index (χ0) is 10.6. The number of nitrogens with zero attached hydrogens (tertiary/aromatic N) is 2. The molecule has 76 valence electrons. The van der Waals surface area contributed by atoms with E-state index in [0.29, 0.717) is 12.0 Å². The number of aliphatic imine (C=N–C) groups is 1. The van der Waals surface area contributed by atoms with Crippen LogP contribution < -0.4 is 5.73 Å². The van der Waals surface area contributed by atoms with Crippen molar-refractivity contribution in [3.8, 4) is 0 Å². The molecule has 14 heavy (non-hydrogen) atoms. The van der Waals surface area contributed by atoms with Gasteiger partial charge in [0.15, 0.2) is 5.96 Å². The lowest BCUT2D eigenvalue weighted by Gasteiger charge is -2.22. The lowest BCUT2D eigenvalue weighted by atomic mass is 10.3. The maximum Gasteiger partial charge on any atom is 0.196 e. The van der Waals surface area contributed by atoms with Gasteiger partial charge in [0.2, 0.25) is 0 Å². The molecule has 0 amide bonds. The van der Waals surface area contributed by atoms with E-state index in [1.54, 1.807) is 0 Å². The number of hydrogen-bond acceptors (Lipinski definition) is 1. The van der Waals surface area contributed by atoms with Crippen LogP contribution in [0.2, 0.25) is 0 Å². The Kier molecular flexibility index (Phi) is 3.51. The maximum atomic E-state index is 5.83. The zero-order valence-electron chi connectivity index (χ0n) is 8.94. The predicted octanol–water partition coefficient (Wildman–Crippen LogP) is 1.97.